The summed E-state index contributed by atoms with van der Waals surface area (Å²) in [4.78, 5) is 23.9. The summed E-state index contributed by atoms with van der Waals surface area (Å²) in [5.41, 5.74) is 1.49. The van der Waals surface area contributed by atoms with E-state index in [-0.39, 0.29) is 17.5 Å². The van der Waals surface area contributed by atoms with Crippen LogP contribution in [-0.2, 0) is 0 Å². The number of aromatic amines is 1. The van der Waals surface area contributed by atoms with Crippen molar-refractivity contribution in [3.8, 4) is 0 Å². The molecule has 0 amide bonds. The first-order chi connectivity index (χ1) is 12.8. The molecular weight excluding hydrogens is 344 g/mol. The first-order valence-corrected chi connectivity index (χ1v) is 9.94. The molecule has 4 aliphatic rings. The summed E-state index contributed by atoms with van der Waals surface area (Å²) >= 11 is 0. The van der Waals surface area contributed by atoms with Crippen molar-refractivity contribution in [2.75, 3.05) is 5.32 Å². The molecule has 7 heteroatoms. The lowest BCUT2D eigenvalue weighted by molar-refractivity contribution is -0.129. The zero-order valence-electron chi connectivity index (χ0n) is 15.7. The molecule has 2 aromatic rings. The molecule has 7 nitrogen and oxygen atoms in total. The molecule has 0 saturated heterocycles. The van der Waals surface area contributed by atoms with Crippen molar-refractivity contribution in [3.63, 3.8) is 0 Å². The van der Waals surface area contributed by atoms with Gasteiger partial charge in [-0.1, -0.05) is 13.8 Å². The van der Waals surface area contributed by atoms with Crippen molar-refractivity contribution in [2.24, 2.45) is 17.8 Å². The molecule has 0 spiro atoms. The molecule has 0 aromatic carbocycles. The number of carbonyl (C=O) groups is 1. The number of aromatic carboxylic acids is 1. The van der Waals surface area contributed by atoms with E-state index < -0.39 is 11.6 Å². The van der Waals surface area contributed by atoms with E-state index in [4.69, 9.17) is 0 Å². The summed E-state index contributed by atoms with van der Waals surface area (Å²) in [6.07, 6.45) is 6.20. The van der Waals surface area contributed by atoms with Gasteiger partial charge in [0.05, 0.1) is 11.3 Å². The zero-order chi connectivity index (χ0) is 18.9. The Bertz CT molecular complexity index is 905. The summed E-state index contributed by atoms with van der Waals surface area (Å²) in [6, 6.07) is 0.191. The van der Waals surface area contributed by atoms with Crippen molar-refractivity contribution >= 4 is 22.8 Å². The van der Waals surface area contributed by atoms with E-state index in [0.29, 0.717) is 34.6 Å². The number of imidazole rings is 1. The van der Waals surface area contributed by atoms with Crippen LogP contribution in [0.15, 0.2) is 6.20 Å². The van der Waals surface area contributed by atoms with E-state index in [1.807, 2.05) is 13.8 Å². The Morgan fingerprint density at radius 1 is 1.30 bits per heavy atom. The van der Waals surface area contributed by atoms with E-state index in [2.05, 4.69) is 20.3 Å². The second-order valence-electron chi connectivity index (χ2n) is 9.19. The van der Waals surface area contributed by atoms with E-state index in [0.717, 1.165) is 37.9 Å². The summed E-state index contributed by atoms with van der Waals surface area (Å²) in [6.45, 7) is 4.09. The highest BCUT2D eigenvalue weighted by Crippen LogP contribution is 2.56. The number of fused-ring (bicyclic) bond motifs is 1. The summed E-state index contributed by atoms with van der Waals surface area (Å²) < 4.78 is 0. The molecule has 144 valence electrons. The van der Waals surface area contributed by atoms with Gasteiger partial charge in [0.1, 0.15) is 16.9 Å². The molecule has 4 N–H and O–H groups in total. The minimum absolute atomic E-state index is 0.175. The second-order valence-corrected chi connectivity index (χ2v) is 9.19. The lowest BCUT2D eigenvalue weighted by Crippen LogP contribution is -2.59. The number of pyridine rings is 1. The normalized spacial score (nSPS) is 34.5. The number of hydrogen-bond donors (Lipinski definition) is 4. The standard InChI is InChI=1S/C20H26N4O3/c1-9(2)17-23-16-15(13(19(25)26)8-21-18(16)24-17)22-14-11-3-10-4-12(14)7-20(27,5-10)6-11/h8-12,14,27H,3-7H2,1-2H3,(H,25,26)(H2,21,22,23,24)/t10?,11-,12+,14?,20?. The van der Waals surface area contributed by atoms with Crippen LogP contribution in [0.5, 0.6) is 0 Å². The molecule has 4 aliphatic carbocycles. The third-order valence-corrected chi connectivity index (χ3v) is 6.87. The van der Waals surface area contributed by atoms with Crippen molar-refractivity contribution in [1.82, 2.24) is 15.0 Å². The Hall–Kier alpha value is -2.15. The van der Waals surface area contributed by atoms with Gasteiger partial charge in [-0.3, -0.25) is 0 Å². The zero-order valence-corrected chi connectivity index (χ0v) is 15.7. The van der Waals surface area contributed by atoms with Crippen molar-refractivity contribution in [2.45, 2.75) is 63.5 Å². The minimum atomic E-state index is -0.991. The van der Waals surface area contributed by atoms with Crippen LogP contribution < -0.4 is 5.32 Å². The summed E-state index contributed by atoms with van der Waals surface area (Å²) in [7, 11) is 0. The molecule has 27 heavy (non-hydrogen) atoms. The maximum absolute atomic E-state index is 11.9. The Balaban J connectivity index is 1.56. The molecular formula is C20H26N4O3. The number of rotatable bonds is 4. The predicted molar refractivity (Wildman–Crippen MR) is 101 cm³/mol. The van der Waals surface area contributed by atoms with Crippen LogP contribution in [0, 0.1) is 17.8 Å². The summed E-state index contributed by atoms with van der Waals surface area (Å²) in [5.74, 6) is 1.41. The van der Waals surface area contributed by atoms with Crippen LogP contribution >= 0.6 is 0 Å². The molecule has 3 unspecified atom stereocenters. The SMILES string of the molecule is CC(C)c1nc2ncc(C(=O)O)c(NC3[C@@H]4CC5C[C@H]3CC(O)(C5)C4)c2[nH]1. The van der Waals surface area contributed by atoms with Crippen LogP contribution in [0.25, 0.3) is 11.2 Å². The minimum Gasteiger partial charge on any atom is -0.478 e. The second kappa shape index (κ2) is 5.67. The monoisotopic (exact) mass is 370 g/mol. The number of anilines is 1. The average molecular weight is 370 g/mol. The number of aromatic nitrogens is 3. The van der Waals surface area contributed by atoms with Gasteiger partial charge >= 0.3 is 5.97 Å². The van der Waals surface area contributed by atoms with Gasteiger partial charge in [0.15, 0.2) is 5.65 Å². The van der Waals surface area contributed by atoms with E-state index in [1.54, 1.807) is 0 Å². The van der Waals surface area contributed by atoms with Gasteiger partial charge in [0, 0.05) is 18.2 Å². The number of nitrogens with one attached hydrogen (secondary N) is 2. The first kappa shape index (κ1) is 17.0. The van der Waals surface area contributed by atoms with Crippen LogP contribution in [0.2, 0.25) is 0 Å². The molecule has 2 aromatic heterocycles. The maximum Gasteiger partial charge on any atom is 0.339 e. The van der Waals surface area contributed by atoms with Crippen molar-refractivity contribution < 1.29 is 15.0 Å². The van der Waals surface area contributed by atoms with E-state index in [9.17, 15) is 15.0 Å². The topological polar surface area (TPSA) is 111 Å². The van der Waals surface area contributed by atoms with Crippen LogP contribution in [-0.4, -0.2) is 42.8 Å². The van der Waals surface area contributed by atoms with Crippen LogP contribution in [0.1, 0.15) is 68.1 Å². The smallest absolute Gasteiger partial charge is 0.339 e. The quantitative estimate of drug-likeness (QED) is 0.658. The van der Waals surface area contributed by atoms with Gasteiger partial charge in [-0.2, -0.15) is 0 Å². The van der Waals surface area contributed by atoms with Gasteiger partial charge in [0.25, 0.3) is 0 Å². The third-order valence-electron chi connectivity index (χ3n) is 6.87. The lowest BCUT2D eigenvalue weighted by atomic mass is 9.52. The Labute approximate surface area is 157 Å². The van der Waals surface area contributed by atoms with Gasteiger partial charge in [-0.05, 0) is 49.9 Å². The van der Waals surface area contributed by atoms with Gasteiger partial charge < -0.3 is 20.5 Å². The fraction of sp³-hybridized carbons (Fsp3) is 0.650. The number of carboxylic acid groups (broad SMARTS) is 1. The Morgan fingerprint density at radius 2 is 2.00 bits per heavy atom. The van der Waals surface area contributed by atoms with Crippen molar-refractivity contribution in [1.29, 1.82) is 0 Å². The highest BCUT2D eigenvalue weighted by molar-refractivity contribution is 6.02. The lowest BCUT2D eigenvalue weighted by Gasteiger charge is -2.58. The summed E-state index contributed by atoms with van der Waals surface area (Å²) in [5, 5.41) is 24.1. The fourth-order valence-electron chi connectivity index (χ4n) is 5.94. The van der Waals surface area contributed by atoms with Gasteiger partial charge in [-0.15, -0.1) is 0 Å². The third kappa shape index (κ3) is 2.63. The predicted octanol–water partition coefficient (Wildman–Crippen LogP) is 3.13. The number of nitrogens with zero attached hydrogens (tertiary/aromatic N) is 2. The number of hydrogen-bond acceptors (Lipinski definition) is 5. The van der Waals surface area contributed by atoms with Crippen molar-refractivity contribution in [3.05, 3.63) is 17.6 Å². The fourth-order valence-corrected chi connectivity index (χ4v) is 5.94. The highest BCUT2D eigenvalue weighted by atomic mass is 16.4. The van der Waals surface area contributed by atoms with Crippen LogP contribution in [0.4, 0.5) is 5.69 Å². The molecule has 4 fully saturated rings. The molecule has 4 bridgehead atoms. The number of carboxylic acids is 1. The van der Waals surface area contributed by atoms with E-state index in [1.165, 1.54) is 6.20 Å². The van der Waals surface area contributed by atoms with Gasteiger partial charge in [0.2, 0.25) is 0 Å². The van der Waals surface area contributed by atoms with E-state index >= 15 is 0 Å². The molecule has 2 heterocycles. The Morgan fingerprint density at radius 3 is 2.59 bits per heavy atom. The molecule has 6 rings (SSSR count). The highest BCUT2D eigenvalue weighted by Gasteiger charge is 2.54. The van der Waals surface area contributed by atoms with Crippen LogP contribution in [0.3, 0.4) is 0 Å². The molecule has 4 saturated carbocycles. The van der Waals surface area contributed by atoms with Gasteiger partial charge in [-0.25, -0.2) is 14.8 Å². The number of aliphatic hydroxyl groups is 1. The largest absolute Gasteiger partial charge is 0.478 e. The number of H-pyrrole nitrogens is 1. The molecule has 0 aliphatic heterocycles. The molecule has 0 radical (unpaired) electrons. The Kier molecular flexibility index (Phi) is 3.57. The maximum atomic E-state index is 11.9. The first-order valence-electron chi connectivity index (χ1n) is 9.94. The average Bonchev–Trinajstić information content (AvgIpc) is 3.01. The molecule has 5 atom stereocenters.